The molecule has 7 heteroatoms. The fourth-order valence-corrected chi connectivity index (χ4v) is 5.09. The lowest BCUT2D eigenvalue weighted by Crippen LogP contribution is -2.32. The number of hydrogen-bond donors (Lipinski definition) is 0. The standard InChI is InChI=1S/C9H13BrClNO2S2/c1-2-6-12(7-5-10)16(13,14)9-4-3-8(11)15-9/h3-4H,2,5-7H2,1H3. The molecule has 0 aliphatic carbocycles. The van der Waals surface area contributed by atoms with Crippen LogP contribution < -0.4 is 0 Å². The van der Waals surface area contributed by atoms with E-state index in [-0.39, 0.29) is 0 Å². The quantitative estimate of drug-likeness (QED) is 0.742. The molecule has 0 saturated carbocycles. The van der Waals surface area contributed by atoms with Gasteiger partial charge in [-0.3, -0.25) is 0 Å². The Morgan fingerprint density at radius 1 is 1.44 bits per heavy atom. The second-order valence-electron chi connectivity index (χ2n) is 3.15. The van der Waals surface area contributed by atoms with Crippen LogP contribution in [-0.2, 0) is 10.0 Å². The predicted molar refractivity (Wildman–Crippen MR) is 72.2 cm³/mol. The Labute approximate surface area is 114 Å². The van der Waals surface area contributed by atoms with E-state index in [2.05, 4.69) is 15.9 Å². The Morgan fingerprint density at radius 3 is 2.56 bits per heavy atom. The summed E-state index contributed by atoms with van der Waals surface area (Å²) >= 11 is 10.1. The first kappa shape index (κ1) is 14.4. The molecule has 0 aliphatic rings. The molecule has 0 aromatic carbocycles. The first-order valence-corrected chi connectivity index (χ1v) is 8.59. The first-order valence-electron chi connectivity index (χ1n) is 4.83. The molecule has 1 heterocycles. The van der Waals surface area contributed by atoms with Crippen molar-refractivity contribution in [3.05, 3.63) is 16.5 Å². The van der Waals surface area contributed by atoms with Gasteiger partial charge in [-0.15, -0.1) is 11.3 Å². The van der Waals surface area contributed by atoms with E-state index in [1.165, 1.54) is 4.31 Å². The van der Waals surface area contributed by atoms with Crippen LogP contribution in [0.5, 0.6) is 0 Å². The second kappa shape index (κ2) is 6.35. The molecule has 0 fully saturated rings. The summed E-state index contributed by atoms with van der Waals surface area (Å²) in [6.07, 6.45) is 0.797. The summed E-state index contributed by atoms with van der Waals surface area (Å²) in [5, 5.41) is 0.630. The van der Waals surface area contributed by atoms with Crippen LogP contribution in [0.1, 0.15) is 13.3 Å². The Kier molecular flexibility index (Phi) is 5.73. The summed E-state index contributed by atoms with van der Waals surface area (Å²) in [4.78, 5) is 0. The zero-order valence-electron chi connectivity index (χ0n) is 8.82. The lowest BCUT2D eigenvalue weighted by Gasteiger charge is -2.19. The highest BCUT2D eigenvalue weighted by Crippen LogP contribution is 2.28. The Balaban J connectivity index is 2.97. The predicted octanol–water partition coefficient (Wildman–Crippen LogP) is 3.20. The fraction of sp³-hybridized carbons (Fsp3) is 0.556. The van der Waals surface area contributed by atoms with Gasteiger partial charge in [0, 0.05) is 18.4 Å². The normalized spacial score (nSPS) is 12.2. The molecule has 0 atom stereocenters. The number of nitrogens with zero attached hydrogens (tertiary/aromatic N) is 1. The monoisotopic (exact) mass is 345 g/mol. The van der Waals surface area contributed by atoms with Gasteiger partial charge in [-0.1, -0.05) is 34.5 Å². The van der Waals surface area contributed by atoms with E-state index in [9.17, 15) is 8.42 Å². The minimum atomic E-state index is -3.37. The van der Waals surface area contributed by atoms with Crippen molar-refractivity contribution in [2.24, 2.45) is 0 Å². The summed E-state index contributed by atoms with van der Waals surface area (Å²) in [6, 6.07) is 3.16. The molecule has 0 saturated heterocycles. The Morgan fingerprint density at radius 2 is 2.12 bits per heavy atom. The van der Waals surface area contributed by atoms with Gasteiger partial charge in [-0.25, -0.2) is 8.42 Å². The summed E-state index contributed by atoms with van der Waals surface area (Å²) in [7, 11) is -3.37. The van der Waals surface area contributed by atoms with Crippen LogP contribution >= 0.6 is 38.9 Å². The zero-order chi connectivity index (χ0) is 12.2. The third-order valence-electron chi connectivity index (χ3n) is 1.95. The van der Waals surface area contributed by atoms with E-state index >= 15 is 0 Å². The molecular formula is C9H13BrClNO2S2. The van der Waals surface area contributed by atoms with E-state index in [0.29, 0.717) is 27.0 Å². The van der Waals surface area contributed by atoms with Gasteiger partial charge >= 0.3 is 0 Å². The highest BCUT2D eigenvalue weighted by Gasteiger charge is 2.24. The van der Waals surface area contributed by atoms with Gasteiger partial charge in [0.15, 0.2) is 0 Å². The van der Waals surface area contributed by atoms with Crippen molar-refractivity contribution in [3.63, 3.8) is 0 Å². The topological polar surface area (TPSA) is 37.4 Å². The van der Waals surface area contributed by atoms with Crippen molar-refractivity contribution in [2.45, 2.75) is 17.6 Å². The Hall–Kier alpha value is 0.380. The summed E-state index contributed by atoms with van der Waals surface area (Å²) in [6.45, 7) is 2.97. The van der Waals surface area contributed by atoms with E-state index in [1.54, 1.807) is 12.1 Å². The lowest BCUT2D eigenvalue weighted by atomic mass is 10.5. The van der Waals surface area contributed by atoms with E-state index in [1.807, 2.05) is 6.92 Å². The van der Waals surface area contributed by atoms with Crippen LogP contribution in [-0.4, -0.2) is 31.1 Å². The molecule has 0 unspecified atom stereocenters. The number of sulfonamides is 1. The van der Waals surface area contributed by atoms with E-state index < -0.39 is 10.0 Å². The van der Waals surface area contributed by atoms with Gasteiger partial charge in [0.05, 0.1) is 4.34 Å². The summed E-state index contributed by atoms with van der Waals surface area (Å²) in [5.41, 5.74) is 0. The summed E-state index contributed by atoms with van der Waals surface area (Å²) < 4.78 is 26.6. The molecular weight excluding hydrogens is 334 g/mol. The Bertz CT molecular complexity index is 426. The molecule has 3 nitrogen and oxygen atoms in total. The SMILES string of the molecule is CCCN(CCBr)S(=O)(=O)c1ccc(Cl)s1. The van der Waals surface area contributed by atoms with E-state index in [0.717, 1.165) is 17.8 Å². The molecule has 1 rings (SSSR count). The van der Waals surface area contributed by atoms with Crippen molar-refractivity contribution < 1.29 is 8.42 Å². The highest BCUT2D eigenvalue weighted by molar-refractivity contribution is 9.09. The largest absolute Gasteiger partial charge is 0.252 e. The van der Waals surface area contributed by atoms with Crippen molar-refractivity contribution in [3.8, 4) is 0 Å². The average Bonchev–Trinajstić information content (AvgIpc) is 2.65. The number of rotatable bonds is 6. The number of hydrogen-bond acceptors (Lipinski definition) is 3. The molecule has 0 amide bonds. The molecule has 0 spiro atoms. The molecule has 0 N–H and O–H groups in total. The molecule has 0 aliphatic heterocycles. The molecule has 1 aromatic heterocycles. The number of thiophene rings is 1. The lowest BCUT2D eigenvalue weighted by molar-refractivity contribution is 0.431. The van der Waals surface area contributed by atoms with Gasteiger partial charge in [0.1, 0.15) is 4.21 Å². The van der Waals surface area contributed by atoms with Crippen molar-refractivity contribution in [1.29, 1.82) is 0 Å². The van der Waals surface area contributed by atoms with Crippen LogP contribution in [0, 0.1) is 0 Å². The minimum Gasteiger partial charge on any atom is -0.206 e. The van der Waals surface area contributed by atoms with Crippen LogP contribution in [0.15, 0.2) is 16.3 Å². The first-order chi connectivity index (χ1) is 7.52. The van der Waals surface area contributed by atoms with Crippen molar-refractivity contribution in [2.75, 3.05) is 18.4 Å². The molecule has 1 aromatic rings. The number of halogens is 2. The van der Waals surface area contributed by atoms with Gasteiger partial charge in [-0.05, 0) is 18.6 Å². The summed E-state index contributed by atoms with van der Waals surface area (Å²) in [5.74, 6) is 0. The van der Waals surface area contributed by atoms with Gasteiger partial charge in [-0.2, -0.15) is 4.31 Å². The maximum atomic E-state index is 12.2. The third kappa shape index (κ3) is 3.43. The van der Waals surface area contributed by atoms with Crippen LogP contribution in [0.3, 0.4) is 0 Å². The van der Waals surface area contributed by atoms with Gasteiger partial charge in [0.2, 0.25) is 0 Å². The van der Waals surface area contributed by atoms with Crippen LogP contribution in [0.25, 0.3) is 0 Å². The third-order valence-corrected chi connectivity index (χ3v) is 5.90. The van der Waals surface area contributed by atoms with Gasteiger partial charge in [0.25, 0.3) is 10.0 Å². The second-order valence-corrected chi connectivity index (χ2v) is 7.82. The molecule has 16 heavy (non-hydrogen) atoms. The smallest absolute Gasteiger partial charge is 0.206 e. The van der Waals surface area contributed by atoms with Gasteiger partial charge < -0.3 is 0 Å². The zero-order valence-corrected chi connectivity index (χ0v) is 12.8. The van der Waals surface area contributed by atoms with Crippen molar-refractivity contribution in [1.82, 2.24) is 4.31 Å². The van der Waals surface area contributed by atoms with E-state index in [4.69, 9.17) is 11.6 Å². The molecule has 0 bridgehead atoms. The van der Waals surface area contributed by atoms with Crippen LogP contribution in [0.2, 0.25) is 4.34 Å². The fourth-order valence-electron chi connectivity index (χ4n) is 1.26. The number of alkyl halides is 1. The average molecular weight is 347 g/mol. The maximum absolute atomic E-state index is 12.2. The highest BCUT2D eigenvalue weighted by atomic mass is 79.9. The minimum absolute atomic E-state index is 0.312. The maximum Gasteiger partial charge on any atom is 0.252 e. The molecule has 92 valence electrons. The van der Waals surface area contributed by atoms with Crippen LogP contribution in [0.4, 0.5) is 0 Å². The van der Waals surface area contributed by atoms with Crippen molar-refractivity contribution >= 4 is 48.9 Å². The molecule has 0 radical (unpaired) electrons.